The van der Waals surface area contributed by atoms with E-state index in [0.717, 1.165) is 11.7 Å². The van der Waals surface area contributed by atoms with Gasteiger partial charge in [0.1, 0.15) is 5.82 Å². The number of hydrogen-bond acceptors (Lipinski definition) is 3. The third-order valence-electron chi connectivity index (χ3n) is 1.57. The highest BCUT2D eigenvalue weighted by Crippen LogP contribution is 2.15. The second-order valence-electron chi connectivity index (χ2n) is 3.50. The van der Waals surface area contributed by atoms with Crippen molar-refractivity contribution in [1.29, 1.82) is 0 Å². The monoisotopic (exact) mass is 196 g/mol. The maximum Gasteiger partial charge on any atom is 0.123 e. The first kappa shape index (κ1) is 10.4. The standard InChI is InChI=1S/C10H16N2S/c1-8(2)6-13-7-9-3-4-12-10(11)5-9/h3-5,8H,6-7H2,1-2H3,(H2,11,12). The molecule has 0 bridgehead atoms. The molecular weight excluding hydrogens is 180 g/mol. The normalized spacial score (nSPS) is 10.7. The molecule has 3 heteroatoms. The SMILES string of the molecule is CC(C)CSCc1ccnc(N)c1. The van der Waals surface area contributed by atoms with Gasteiger partial charge in [-0.15, -0.1) is 0 Å². The molecule has 0 aromatic carbocycles. The minimum atomic E-state index is 0.614. The summed E-state index contributed by atoms with van der Waals surface area (Å²) >= 11 is 1.94. The predicted octanol–water partition coefficient (Wildman–Crippen LogP) is 2.55. The van der Waals surface area contributed by atoms with Crippen LogP contribution in [0.15, 0.2) is 18.3 Å². The van der Waals surface area contributed by atoms with Crippen molar-refractivity contribution in [1.82, 2.24) is 4.98 Å². The fourth-order valence-electron chi connectivity index (χ4n) is 0.997. The van der Waals surface area contributed by atoms with Crippen LogP contribution in [0.5, 0.6) is 0 Å². The molecule has 0 aliphatic rings. The first-order chi connectivity index (χ1) is 6.18. The number of aromatic nitrogens is 1. The van der Waals surface area contributed by atoms with E-state index < -0.39 is 0 Å². The van der Waals surface area contributed by atoms with Crippen LogP contribution in [0.4, 0.5) is 5.82 Å². The van der Waals surface area contributed by atoms with Gasteiger partial charge in [0.25, 0.3) is 0 Å². The molecule has 0 fully saturated rings. The highest BCUT2D eigenvalue weighted by molar-refractivity contribution is 7.98. The maximum absolute atomic E-state index is 5.57. The molecule has 2 N–H and O–H groups in total. The third kappa shape index (κ3) is 4.18. The van der Waals surface area contributed by atoms with Crippen LogP contribution in [0, 0.1) is 5.92 Å². The Kier molecular flexibility index (Phi) is 4.09. The van der Waals surface area contributed by atoms with Gasteiger partial charge in [-0.05, 0) is 29.4 Å². The quantitative estimate of drug-likeness (QED) is 0.804. The Morgan fingerprint density at radius 3 is 2.92 bits per heavy atom. The number of nitrogen functional groups attached to an aromatic ring is 1. The van der Waals surface area contributed by atoms with E-state index in [0.29, 0.717) is 5.82 Å². The van der Waals surface area contributed by atoms with Crippen LogP contribution < -0.4 is 5.73 Å². The fraction of sp³-hybridized carbons (Fsp3) is 0.500. The first-order valence-corrected chi connectivity index (χ1v) is 5.62. The van der Waals surface area contributed by atoms with E-state index in [1.54, 1.807) is 6.20 Å². The maximum atomic E-state index is 5.57. The van der Waals surface area contributed by atoms with E-state index in [9.17, 15) is 0 Å². The van der Waals surface area contributed by atoms with Crippen LogP contribution >= 0.6 is 11.8 Å². The Morgan fingerprint density at radius 1 is 1.54 bits per heavy atom. The molecule has 0 unspecified atom stereocenters. The van der Waals surface area contributed by atoms with Crippen LogP contribution in [0.2, 0.25) is 0 Å². The van der Waals surface area contributed by atoms with Gasteiger partial charge in [0.2, 0.25) is 0 Å². The number of hydrogen-bond donors (Lipinski definition) is 1. The van der Waals surface area contributed by atoms with Crippen LogP contribution in [0.3, 0.4) is 0 Å². The lowest BCUT2D eigenvalue weighted by Gasteiger charge is -2.04. The van der Waals surface area contributed by atoms with Crippen LogP contribution in [0.25, 0.3) is 0 Å². The molecule has 13 heavy (non-hydrogen) atoms. The van der Waals surface area contributed by atoms with Crippen molar-refractivity contribution in [2.24, 2.45) is 5.92 Å². The molecule has 1 aromatic rings. The smallest absolute Gasteiger partial charge is 0.123 e. The van der Waals surface area contributed by atoms with E-state index in [1.807, 2.05) is 23.9 Å². The summed E-state index contributed by atoms with van der Waals surface area (Å²) in [6.07, 6.45) is 1.76. The van der Waals surface area contributed by atoms with E-state index >= 15 is 0 Å². The average Bonchev–Trinajstić information content (AvgIpc) is 2.03. The van der Waals surface area contributed by atoms with Gasteiger partial charge in [-0.25, -0.2) is 4.98 Å². The van der Waals surface area contributed by atoms with Gasteiger partial charge in [0.05, 0.1) is 0 Å². The number of rotatable bonds is 4. The molecule has 0 aliphatic carbocycles. The molecule has 0 saturated heterocycles. The minimum absolute atomic E-state index is 0.614. The molecule has 0 amide bonds. The Bertz CT molecular complexity index is 261. The summed E-state index contributed by atoms with van der Waals surface area (Å²) in [5.74, 6) is 3.60. The molecular formula is C10H16N2S. The lowest BCUT2D eigenvalue weighted by molar-refractivity contribution is 0.750. The second-order valence-corrected chi connectivity index (χ2v) is 4.53. The van der Waals surface area contributed by atoms with Gasteiger partial charge in [0, 0.05) is 11.9 Å². The van der Waals surface area contributed by atoms with Crippen LogP contribution in [-0.4, -0.2) is 10.7 Å². The largest absolute Gasteiger partial charge is 0.384 e. The van der Waals surface area contributed by atoms with Crippen molar-refractivity contribution in [3.8, 4) is 0 Å². The lowest BCUT2D eigenvalue weighted by Crippen LogP contribution is -1.93. The lowest BCUT2D eigenvalue weighted by atomic mass is 10.3. The highest BCUT2D eigenvalue weighted by Gasteiger charge is 1.97. The number of nitrogens with zero attached hydrogens (tertiary/aromatic N) is 1. The molecule has 0 saturated carbocycles. The molecule has 1 rings (SSSR count). The zero-order chi connectivity index (χ0) is 9.68. The molecule has 0 atom stereocenters. The summed E-state index contributed by atoms with van der Waals surface area (Å²) in [5, 5.41) is 0. The van der Waals surface area contributed by atoms with Crippen LogP contribution in [0.1, 0.15) is 19.4 Å². The Labute approximate surface area is 83.9 Å². The Balaban J connectivity index is 2.37. The van der Waals surface area contributed by atoms with Crippen molar-refractivity contribution < 1.29 is 0 Å². The third-order valence-corrected chi connectivity index (χ3v) is 3.01. The predicted molar refractivity (Wildman–Crippen MR) is 59.6 cm³/mol. The molecule has 0 spiro atoms. The summed E-state index contributed by atoms with van der Waals surface area (Å²) in [4.78, 5) is 3.95. The summed E-state index contributed by atoms with van der Waals surface area (Å²) in [6.45, 7) is 4.46. The number of nitrogens with two attached hydrogens (primary N) is 1. The van der Waals surface area contributed by atoms with Gasteiger partial charge >= 0.3 is 0 Å². The molecule has 0 radical (unpaired) electrons. The average molecular weight is 196 g/mol. The van der Waals surface area contributed by atoms with Gasteiger partial charge in [0.15, 0.2) is 0 Å². The zero-order valence-corrected chi connectivity index (χ0v) is 8.97. The molecule has 0 aliphatic heterocycles. The Morgan fingerprint density at radius 2 is 2.31 bits per heavy atom. The first-order valence-electron chi connectivity index (χ1n) is 4.46. The number of anilines is 1. The second kappa shape index (κ2) is 5.12. The summed E-state index contributed by atoms with van der Waals surface area (Å²) in [5.41, 5.74) is 6.83. The molecule has 72 valence electrons. The minimum Gasteiger partial charge on any atom is -0.384 e. The topological polar surface area (TPSA) is 38.9 Å². The van der Waals surface area contributed by atoms with Gasteiger partial charge in [-0.3, -0.25) is 0 Å². The van der Waals surface area contributed by atoms with Crippen LogP contribution in [-0.2, 0) is 5.75 Å². The van der Waals surface area contributed by atoms with E-state index in [-0.39, 0.29) is 0 Å². The number of pyridine rings is 1. The van der Waals surface area contributed by atoms with E-state index in [4.69, 9.17) is 5.73 Å². The molecule has 1 aromatic heterocycles. The van der Waals surface area contributed by atoms with E-state index in [2.05, 4.69) is 18.8 Å². The van der Waals surface area contributed by atoms with Crippen molar-refractivity contribution in [2.45, 2.75) is 19.6 Å². The van der Waals surface area contributed by atoms with Crippen molar-refractivity contribution in [2.75, 3.05) is 11.5 Å². The van der Waals surface area contributed by atoms with Gasteiger partial charge in [-0.2, -0.15) is 11.8 Å². The highest BCUT2D eigenvalue weighted by atomic mass is 32.2. The van der Waals surface area contributed by atoms with Gasteiger partial charge < -0.3 is 5.73 Å². The Hall–Kier alpha value is -0.700. The summed E-state index contributed by atoms with van der Waals surface area (Å²) in [7, 11) is 0. The van der Waals surface area contributed by atoms with E-state index in [1.165, 1.54) is 11.3 Å². The summed E-state index contributed by atoms with van der Waals surface area (Å²) < 4.78 is 0. The van der Waals surface area contributed by atoms with Crippen molar-refractivity contribution in [3.05, 3.63) is 23.9 Å². The van der Waals surface area contributed by atoms with Gasteiger partial charge in [-0.1, -0.05) is 13.8 Å². The molecule has 2 nitrogen and oxygen atoms in total. The fourth-order valence-corrected chi connectivity index (χ4v) is 2.00. The van der Waals surface area contributed by atoms with Crippen molar-refractivity contribution >= 4 is 17.6 Å². The zero-order valence-electron chi connectivity index (χ0n) is 8.16. The molecule has 1 heterocycles. The van der Waals surface area contributed by atoms with Crippen molar-refractivity contribution in [3.63, 3.8) is 0 Å². The summed E-state index contributed by atoms with van der Waals surface area (Å²) in [6, 6.07) is 3.96. The number of thioether (sulfide) groups is 1.